The minimum atomic E-state index is 0.474. The molecule has 0 N–H and O–H groups in total. The predicted octanol–water partition coefficient (Wildman–Crippen LogP) is 4.89. The number of hydrogen-bond donors (Lipinski definition) is 0. The van der Waals surface area contributed by atoms with E-state index >= 15 is 0 Å². The standard InChI is InChI=1S/C18H26O/c1-3-5-15-8-10-17(11-9-15)14(2)12-16-6-4-7-18(19)13-16/h8-11,14,16H,3-7,12-13H2,1-2H3. The third-order valence-electron chi connectivity index (χ3n) is 4.36. The number of ketones is 1. The van der Waals surface area contributed by atoms with Crippen molar-refractivity contribution in [1.82, 2.24) is 0 Å². The molecular weight excluding hydrogens is 232 g/mol. The molecule has 1 aromatic rings. The van der Waals surface area contributed by atoms with Gasteiger partial charge in [0.25, 0.3) is 0 Å². The lowest BCUT2D eigenvalue weighted by atomic mass is 9.80. The van der Waals surface area contributed by atoms with Crippen LogP contribution in [0.3, 0.4) is 0 Å². The third kappa shape index (κ3) is 4.19. The van der Waals surface area contributed by atoms with E-state index in [2.05, 4.69) is 38.1 Å². The first-order valence-electron chi connectivity index (χ1n) is 7.79. The molecule has 0 amide bonds. The average Bonchev–Trinajstić information content (AvgIpc) is 2.40. The molecule has 0 bridgehead atoms. The highest BCUT2D eigenvalue weighted by Crippen LogP contribution is 2.31. The Balaban J connectivity index is 1.91. The van der Waals surface area contributed by atoms with Crippen molar-refractivity contribution in [2.45, 2.75) is 64.7 Å². The van der Waals surface area contributed by atoms with Gasteiger partial charge in [0.1, 0.15) is 5.78 Å². The summed E-state index contributed by atoms with van der Waals surface area (Å²) in [4.78, 5) is 11.5. The highest BCUT2D eigenvalue weighted by atomic mass is 16.1. The van der Waals surface area contributed by atoms with E-state index in [4.69, 9.17) is 0 Å². The zero-order valence-corrected chi connectivity index (χ0v) is 12.3. The molecule has 0 saturated heterocycles. The van der Waals surface area contributed by atoms with Crippen molar-refractivity contribution in [3.05, 3.63) is 35.4 Å². The van der Waals surface area contributed by atoms with Gasteiger partial charge in [0, 0.05) is 12.8 Å². The van der Waals surface area contributed by atoms with E-state index in [1.165, 1.54) is 36.8 Å². The van der Waals surface area contributed by atoms with Crippen LogP contribution in [0, 0.1) is 5.92 Å². The van der Waals surface area contributed by atoms with Gasteiger partial charge in [-0.3, -0.25) is 4.79 Å². The quantitative estimate of drug-likeness (QED) is 0.734. The topological polar surface area (TPSA) is 17.1 Å². The van der Waals surface area contributed by atoms with Crippen molar-refractivity contribution >= 4 is 5.78 Å². The molecule has 0 aliphatic heterocycles. The first-order valence-corrected chi connectivity index (χ1v) is 7.79. The Hall–Kier alpha value is -1.11. The number of benzene rings is 1. The van der Waals surface area contributed by atoms with Gasteiger partial charge in [-0.15, -0.1) is 0 Å². The summed E-state index contributed by atoms with van der Waals surface area (Å²) >= 11 is 0. The predicted molar refractivity (Wildman–Crippen MR) is 80.4 cm³/mol. The number of carbonyl (C=O) groups is 1. The van der Waals surface area contributed by atoms with Crippen LogP contribution in [0.25, 0.3) is 0 Å². The fourth-order valence-electron chi connectivity index (χ4n) is 3.25. The molecule has 1 aromatic carbocycles. The molecule has 2 atom stereocenters. The molecule has 0 heterocycles. The monoisotopic (exact) mass is 258 g/mol. The number of Topliss-reactive ketones (excluding diaryl/α,β-unsaturated/α-hetero) is 1. The van der Waals surface area contributed by atoms with Crippen molar-refractivity contribution in [1.29, 1.82) is 0 Å². The Labute approximate surface area is 117 Å². The van der Waals surface area contributed by atoms with Crippen LogP contribution in [0.1, 0.15) is 69.4 Å². The van der Waals surface area contributed by atoms with Crippen LogP contribution >= 0.6 is 0 Å². The Bertz CT molecular complexity index is 404. The van der Waals surface area contributed by atoms with Crippen molar-refractivity contribution in [3.63, 3.8) is 0 Å². The minimum absolute atomic E-state index is 0.474. The second-order valence-electron chi connectivity index (χ2n) is 6.13. The van der Waals surface area contributed by atoms with E-state index in [9.17, 15) is 4.79 Å². The van der Waals surface area contributed by atoms with E-state index in [1.54, 1.807) is 0 Å². The summed E-state index contributed by atoms with van der Waals surface area (Å²) in [6.07, 6.45) is 7.52. The fraction of sp³-hybridized carbons (Fsp3) is 0.611. The summed E-state index contributed by atoms with van der Waals surface area (Å²) < 4.78 is 0. The smallest absolute Gasteiger partial charge is 0.133 e. The molecule has 2 unspecified atom stereocenters. The van der Waals surface area contributed by atoms with Gasteiger partial charge in [0.15, 0.2) is 0 Å². The van der Waals surface area contributed by atoms with Gasteiger partial charge in [-0.2, -0.15) is 0 Å². The maximum absolute atomic E-state index is 11.5. The van der Waals surface area contributed by atoms with Crippen molar-refractivity contribution < 1.29 is 4.79 Å². The van der Waals surface area contributed by atoms with Crippen LogP contribution in [-0.2, 0) is 11.2 Å². The Morgan fingerprint density at radius 2 is 2.00 bits per heavy atom. The van der Waals surface area contributed by atoms with Crippen LogP contribution in [0.2, 0.25) is 0 Å². The molecular formula is C18H26O. The fourth-order valence-corrected chi connectivity index (χ4v) is 3.25. The summed E-state index contributed by atoms with van der Waals surface area (Å²) in [5, 5.41) is 0. The second-order valence-corrected chi connectivity index (χ2v) is 6.13. The average molecular weight is 258 g/mol. The molecule has 19 heavy (non-hydrogen) atoms. The lowest BCUT2D eigenvalue weighted by Crippen LogP contribution is -2.16. The van der Waals surface area contributed by atoms with Gasteiger partial charge in [0.05, 0.1) is 0 Å². The molecule has 104 valence electrons. The third-order valence-corrected chi connectivity index (χ3v) is 4.36. The van der Waals surface area contributed by atoms with Crippen LogP contribution in [0.4, 0.5) is 0 Å². The number of aryl methyl sites for hydroxylation is 1. The molecule has 0 spiro atoms. The molecule has 2 rings (SSSR count). The molecule has 1 fully saturated rings. The highest BCUT2D eigenvalue weighted by molar-refractivity contribution is 5.79. The molecule has 0 aromatic heterocycles. The summed E-state index contributed by atoms with van der Waals surface area (Å²) in [7, 11) is 0. The highest BCUT2D eigenvalue weighted by Gasteiger charge is 2.21. The zero-order chi connectivity index (χ0) is 13.7. The van der Waals surface area contributed by atoms with Gasteiger partial charge in [-0.25, -0.2) is 0 Å². The van der Waals surface area contributed by atoms with Crippen molar-refractivity contribution in [3.8, 4) is 0 Å². The van der Waals surface area contributed by atoms with Crippen molar-refractivity contribution in [2.24, 2.45) is 5.92 Å². The molecule has 1 aliphatic rings. The van der Waals surface area contributed by atoms with Gasteiger partial charge in [-0.05, 0) is 48.6 Å². The summed E-state index contributed by atoms with van der Waals surface area (Å²) in [6, 6.07) is 9.09. The molecule has 1 aliphatic carbocycles. The van der Waals surface area contributed by atoms with Crippen molar-refractivity contribution in [2.75, 3.05) is 0 Å². The first kappa shape index (κ1) is 14.3. The van der Waals surface area contributed by atoms with Crippen LogP contribution in [0.5, 0.6) is 0 Å². The molecule has 1 nitrogen and oxygen atoms in total. The summed E-state index contributed by atoms with van der Waals surface area (Å²) in [6.45, 7) is 4.52. The maximum atomic E-state index is 11.5. The van der Waals surface area contributed by atoms with Gasteiger partial charge in [0.2, 0.25) is 0 Å². The molecule has 1 heteroatoms. The zero-order valence-electron chi connectivity index (χ0n) is 12.3. The lowest BCUT2D eigenvalue weighted by Gasteiger charge is -2.24. The largest absolute Gasteiger partial charge is 0.300 e. The van der Waals surface area contributed by atoms with E-state index in [1.807, 2.05) is 0 Å². The van der Waals surface area contributed by atoms with E-state index < -0.39 is 0 Å². The second kappa shape index (κ2) is 6.88. The van der Waals surface area contributed by atoms with Crippen LogP contribution < -0.4 is 0 Å². The Morgan fingerprint density at radius 1 is 1.26 bits per heavy atom. The minimum Gasteiger partial charge on any atom is -0.300 e. The first-order chi connectivity index (χ1) is 9.19. The number of hydrogen-bond acceptors (Lipinski definition) is 1. The molecule has 0 radical (unpaired) electrons. The summed E-state index contributed by atoms with van der Waals surface area (Å²) in [5.74, 6) is 1.67. The Kier molecular flexibility index (Phi) is 5.18. The maximum Gasteiger partial charge on any atom is 0.133 e. The van der Waals surface area contributed by atoms with Crippen LogP contribution in [0.15, 0.2) is 24.3 Å². The van der Waals surface area contributed by atoms with Gasteiger partial charge >= 0.3 is 0 Å². The lowest BCUT2D eigenvalue weighted by molar-refractivity contribution is -0.121. The van der Waals surface area contributed by atoms with Gasteiger partial charge in [-0.1, -0.05) is 44.5 Å². The van der Waals surface area contributed by atoms with E-state index in [0.29, 0.717) is 17.6 Å². The normalized spacial score (nSPS) is 21.4. The Morgan fingerprint density at radius 3 is 2.63 bits per heavy atom. The molecule has 1 saturated carbocycles. The number of rotatable bonds is 5. The number of carbonyl (C=O) groups excluding carboxylic acids is 1. The van der Waals surface area contributed by atoms with Crippen LogP contribution in [-0.4, -0.2) is 5.78 Å². The van der Waals surface area contributed by atoms with Gasteiger partial charge < -0.3 is 0 Å². The summed E-state index contributed by atoms with van der Waals surface area (Å²) in [5.41, 5.74) is 2.86. The van der Waals surface area contributed by atoms with E-state index in [0.717, 1.165) is 19.3 Å². The SMILES string of the molecule is CCCc1ccc(C(C)CC2CCCC(=O)C2)cc1. The van der Waals surface area contributed by atoms with E-state index in [-0.39, 0.29) is 0 Å².